The number of methoxy groups -OCH3 is 1. The maximum atomic E-state index is 9.96. The highest BCUT2D eigenvalue weighted by Gasteiger charge is 2.26. The highest BCUT2D eigenvalue weighted by atomic mass is 16.5. The topological polar surface area (TPSA) is 55.5 Å². The lowest BCUT2D eigenvalue weighted by Crippen LogP contribution is -2.39. The smallest absolute Gasteiger partial charge is 0.124 e. The van der Waals surface area contributed by atoms with Gasteiger partial charge in [-0.05, 0) is 19.9 Å². The van der Waals surface area contributed by atoms with Crippen molar-refractivity contribution >= 4 is 0 Å². The number of benzene rings is 1. The standard InChI is InChI=1S/C11H17NO2/c1-11(2,12)10(13)8-6-4-5-7-9(8)14-3/h4-7,10,13H,12H2,1-3H3/t10-/m1/s1. The lowest BCUT2D eigenvalue weighted by Gasteiger charge is -2.27. The Kier molecular flexibility index (Phi) is 3.13. The van der Waals surface area contributed by atoms with Crippen molar-refractivity contribution in [1.29, 1.82) is 0 Å². The molecule has 3 nitrogen and oxygen atoms in total. The summed E-state index contributed by atoms with van der Waals surface area (Å²) in [5.74, 6) is 0.665. The van der Waals surface area contributed by atoms with Gasteiger partial charge < -0.3 is 15.6 Å². The molecule has 0 radical (unpaired) electrons. The number of nitrogens with two attached hydrogens (primary N) is 1. The summed E-state index contributed by atoms with van der Waals surface area (Å²) in [6.07, 6.45) is -0.723. The lowest BCUT2D eigenvalue weighted by atomic mass is 9.92. The molecule has 1 aromatic carbocycles. The Labute approximate surface area is 84.5 Å². The van der Waals surface area contributed by atoms with Crippen LogP contribution in [-0.2, 0) is 0 Å². The number of ether oxygens (including phenoxy) is 1. The average Bonchev–Trinajstić information content (AvgIpc) is 2.15. The van der Waals surface area contributed by atoms with Crippen LogP contribution < -0.4 is 10.5 Å². The van der Waals surface area contributed by atoms with Gasteiger partial charge in [-0.3, -0.25) is 0 Å². The second-order valence-electron chi connectivity index (χ2n) is 3.97. The molecule has 0 spiro atoms. The van der Waals surface area contributed by atoms with Crippen molar-refractivity contribution in [3.8, 4) is 5.75 Å². The molecule has 0 amide bonds. The van der Waals surface area contributed by atoms with Crippen LogP contribution in [0, 0.1) is 0 Å². The predicted molar refractivity (Wildman–Crippen MR) is 56.2 cm³/mol. The molecule has 0 aliphatic heterocycles. The molecule has 0 saturated heterocycles. The molecule has 1 atom stereocenters. The van der Waals surface area contributed by atoms with Crippen LogP contribution in [0.4, 0.5) is 0 Å². The second-order valence-corrected chi connectivity index (χ2v) is 3.97. The van der Waals surface area contributed by atoms with Crippen molar-refractivity contribution in [2.45, 2.75) is 25.5 Å². The molecule has 78 valence electrons. The van der Waals surface area contributed by atoms with Gasteiger partial charge in [0, 0.05) is 11.1 Å². The number of hydrogen-bond donors (Lipinski definition) is 2. The van der Waals surface area contributed by atoms with Crippen molar-refractivity contribution < 1.29 is 9.84 Å². The second kappa shape index (κ2) is 3.98. The van der Waals surface area contributed by atoms with Crippen LogP contribution in [0.2, 0.25) is 0 Å². The summed E-state index contributed by atoms with van der Waals surface area (Å²) < 4.78 is 5.15. The van der Waals surface area contributed by atoms with Crippen molar-refractivity contribution in [3.63, 3.8) is 0 Å². The summed E-state index contributed by atoms with van der Waals surface area (Å²) in [5.41, 5.74) is 5.88. The molecule has 3 heteroatoms. The summed E-state index contributed by atoms with van der Waals surface area (Å²) in [6, 6.07) is 7.34. The fraction of sp³-hybridized carbons (Fsp3) is 0.455. The van der Waals surface area contributed by atoms with Gasteiger partial charge in [-0.1, -0.05) is 18.2 Å². The fourth-order valence-corrected chi connectivity index (χ4v) is 1.29. The molecule has 0 aromatic heterocycles. The first-order valence-corrected chi connectivity index (χ1v) is 4.56. The number of para-hydroxylation sites is 1. The Morgan fingerprint density at radius 3 is 2.43 bits per heavy atom. The predicted octanol–water partition coefficient (Wildman–Crippen LogP) is 1.47. The van der Waals surface area contributed by atoms with Gasteiger partial charge in [0.15, 0.2) is 0 Å². The van der Waals surface area contributed by atoms with E-state index in [9.17, 15) is 5.11 Å². The molecule has 1 rings (SSSR count). The number of hydrogen-bond acceptors (Lipinski definition) is 3. The van der Waals surface area contributed by atoms with Gasteiger partial charge >= 0.3 is 0 Å². The molecule has 14 heavy (non-hydrogen) atoms. The minimum absolute atomic E-state index is 0.665. The van der Waals surface area contributed by atoms with Gasteiger partial charge in [0.1, 0.15) is 5.75 Å². The SMILES string of the molecule is COc1ccccc1[C@@H](O)C(C)(C)N. The Morgan fingerprint density at radius 2 is 1.93 bits per heavy atom. The van der Waals surface area contributed by atoms with Crippen molar-refractivity contribution in [2.24, 2.45) is 5.73 Å². The van der Waals surface area contributed by atoms with E-state index in [1.807, 2.05) is 24.3 Å². The van der Waals surface area contributed by atoms with Crippen LogP contribution in [0.3, 0.4) is 0 Å². The third-order valence-electron chi connectivity index (χ3n) is 2.14. The van der Waals surface area contributed by atoms with Gasteiger partial charge in [0.25, 0.3) is 0 Å². The summed E-state index contributed by atoms with van der Waals surface area (Å²) in [4.78, 5) is 0. The van der Waals surface area contributed by atoms with Gasteiger partial charge in [-0.2, -0.15) is 0 Å². The molecule has 0 bridgehead atoms. The normalized spacial score (nSPS) is 13.8. The van der Waals surface area contributed by atoms with Crippen LogP contribution in [0.15, 0.2) is 24.3 Å². The first-order valence-electron chi connectivity index (χ1n) is 4.56. The largest absolute Gasteiger partial charge is 0.496 e. The molecular weight excluding hydrogens is 178 g/mol. The maximum Gasteiger partial charge on any atom is 0.124 e. The highest BCUT2D eigenvalue weighted by molar-refractivity contribution is 5.36. The van der Waals surface area contributed by atoms with E-state index in [0.717, 1.165) is 5.56 Å². The third kappa shape index (κ3) is 2.25. The Balaban J connectivity index is 3.06. The van der Waals surface area contributed by atoms with Crippen molar-refractivity contribution in [3.05, 3.63) is 29.8 Å². The van der Waals surface area contributed by atoms with Gasteiger partial charge in [0.05, 0.1) is 13.2 Å². The zero-order chi connectivity index (χ0) is 10.8. The lowest BCUT2D eigenvalue weighted by molar-refractivity contribution is 0.102. The zero-order valence-electron chi connectivity index (χ0n) is 8.82. The quantitative estimate of drug-likeness (QED) is 0.767. The Morgan fingerprint density at radius 1 is 1.36 bits per heavy atom. The van der Waals surface area contributed by atoms with Gasteiger partial charge in [-0.25, -0.2) is 0 Å². The highest BCUT2D eigenvalue weighted by Crippen LogP contribution is 2.30. The number of rotatable bonds is 3. The van der Waals surface area contributed by atoms with Crippen LogP contribution in [0.25, 0.3) is 0 Å². The van der Waals surface area contributed by atoms with E-state index in [0.29, 0.717) is 5.75 Å². The van der Waals surface area contributed by atoms with Crippen molar-refractivity contribution in [2.75, 3.05) is 7.11 Å². The van der Waals surface area contributed by atoms with Crippen LogP contribution in [0.1, 0.15) is 25.5 Å². The van der Waals surface area contributed by atoms with E-state index in [2.05, 4.69) is 0 Å². The molecular formula is C11H17NO2. The molecule has 0 saturated carbocycles. The minimum atomic E-state index is -0.723. The van der Waals surface area contributed by atoms with E-state index in [4.69, 9.17) is 10.5 Å². The van der Waals surface area contributed by atoms with Gasteiger partial charge in [0.2, 0.25) is 0 Å². The fourth-order valence-electron chi connectivity index (χ4n) is 1.29. The van der Waals surface area contributed by atoms with Crippen LogP contribution in [-0.4, -0.2) is 17.8 Å². The molecule has 0 aliphatic carbocycles. The summed E-state index contributed by atoms with van der Waals surface area (Å²) in [5, 5.41) is 9.96. The van der Waals surface area contributed by atoms with E-state index < -0.39 is 11.6 Å². The average molecular weight is 195 g/mol. The van der Waals surface area contributed by atoms with E-state index in [1.165, 1.54) is 0 Å². The monoisotopic (exact) mass is 195 g/mol. The Bertz CT molecular complexity index is 304. The Hall–Kier alpha value is -1.06. The molecule has 0 aliphatic rings. The summed E-state index contributed by atoms with van der Waals surface area (Å²) >= 11 is 0. The van der Waals surface area contributed by atoms with E-state index >= 15 is 0 Å². The third-order valence-corrected chi connectivity index (χ3v) is 2.14. The van der Waals surface area contributed by atoms with Crippen LogP contribution >= 0.6 is 0 Å². The number of aliphatic hydroxyl groups excluding tert-OH is 1. The summed E-state index contributed by atoms with van der Waals surface area (Å²) in [6.45, 7) is 3.56. The first-order chi connectivity index (χ1) is 6.46. The van der Waals surface area contributed by atoms with E-state index in [-0.39, 0.29) is 0 Å². The van der Waals surface area contributed by atoms with Crippen molar-refractivity contribution in [1.82, 2.24) is 0 Å². The van der Waals surface area contributed by atoms with E-state index in [1.54, 1.807) is 21.0 Å². The summed E-state index contributed by atoms with van der Waals surface area (Å²) in [7, 11) is 1.58. The minimum Gasteiger partial charge on any atom is -0.496 e. The zero-order valence-corrected chi connectivity index (χ0v) is 8.82. The molecule has 1 aromatic rings. The molecule has 0 unspecified atom stereocenters. The molecule has 3 N–H and O–H groups in total. The first kappa shape index (κ1) is 11.0. The number of aliphatic hydroxyl groups is 1. The van der Waals surface area contributed by atoms with Crippen LogP contribution in [0.5, 0.6) is 5.75 Å². The maximum absolute atomic E-state index is 9.96. The molecule has 0 heterocycles. The molecule has 0 fully saturated rings. The van der Waals surface area contributed by atoms with Gasteiger partial charge in [-0.15, -0.1) is 0 Å².